The molecule has 3 N–H and O–H groups in total. The molecule has 0 aromatic carbocycles. The van der Waals surface area contributed by atoms with Crippen LogP contribution in [0.5, 0.6) is 0 Å². The first-order valence-electron chi connectivity index (χ1n) is 7.84. The van der Waals surface area contributed by atoms with Gasteiger partial charge in [-0.1, -0.05) is 13.8 Å². The van der Waals surface area contributed by atoms with Gasteiger partial charge in [0.05, 0.1) is 5.60 Å². The van der Waals surface area contributed by atoms with E-state index < -0.39 is 0 Å². The summed E-state index contributed by atoms with van der Waals surface area (Å²) in [5.74, 6) is 0.582. The minimum Gasteiger partial charge on any atom is -0.384 e. The van der Waals surface area contributed by atoms with Crippen molar-refractivity contribution in [2.75, 3.05) is 19.9 Å². The highest BCUT2D eigenvalue weighted by atomic mass is 16.5. The SMILES string of the molecule is CNC(Cc1ccnc(N)c1)C1(OC)CCC(C)(C)CC1. The van der Waals surface area contributed by atoms with Gasteiger partial charge in [0.1, 0.15) is 5.82 Å². The van der Waals surface area contributed by atoms with Gasteiger partial charge >= 0.3 is 0 Å². The molecule has 0 aliphatic heterocycles. The molecule has 118 valence electrons. The second-order valence-electron chi connectivity index (χ2n) is 7.07. The molecule has 1 unspecified atom stereocenters. The van der Waals surface area contributed by atoms with E-state index in [0.717, 1.165) is 19.3 Å². The standard InChI is InChI=1S/C17H29N3O/c1-16(2)6-8-17(21-4,9-7-16)14(19-3)11-13-5-10-20-15(18)12-13/h5,10,12,14,19H,6-9,11H2,1-4H3,(H2,18,20). The fourth-order valence-corrected chi connectivity index (χ4v) is 3.45. The summed E-state index contributed by atoms with van der Waals surface area (Å²) in [5.41, 5.74) is 7.35. The fraction of sp³-hybridized carbons (Fsp3) is 0.706. The molecule has 1 fully saturated rings. The number of rotatable bonds is 5. The summed E-state index contributed by atoms with van der Waals surface area (Å²) in [6, 6.07) is 4.29. The van der Waals surface area contributed by atoms with Crippen LogP contribution in [0.25, 0.3) is 0 Å². The lowest BCUT2D eigenvalue weighted by atomic mass is 9.67. The molecule has 0 spiro atoms. The molecule has 0 saturated heterocycles. The first-order chi connectivity index (χ1) is 9.91. The normalized spacial score (nSPS) is 21.9. The van der Waals surface area contributed by atoms with Gasteiger partial charge in [-0.05, 0) is 62.3 Å². The van der Waals surface area contributed by atoms with Crippen molar-refractivity contribution in [3.63, 3.8) is 0 Å². The third-order valence-corrected chi connectivity index (χ3v) is 5.13. The Morgan fingerprint density at radius 3 is 2.52 bits per heavy atom. The van der Waals surface area contributed by atoms with Crippen molar-refractivity contribution in [1.82, 2.24) is 10.3 Å². The number of anilines is 1. The van der Waals surface area contributed by atoms with Gasteiger partial charge in [-0.3, -0.25) is 0 Å². The summed E-state index contributed by atoms with van der Waals surface area (Å²) < 4.78 is 6.02. The Morgan fingerprint density at radius 1 is 1.33 bits per heavy atom. The second kappa shape index (κ2) is 6.32. The number of pyridine rings is 1. The lowest BCUT2D eigenvalue weighted by molar-refractivity contribution is -0.0847. The van der Waals surface area contributed by atoms with Gasteiger partial charge in [-0.2, -0.15) is 0 Å². The minimum absolute atomic E-state index is 0.0810. The lowest BCUT2D eigenvalue weighted by Crippen LogP contribution is -2.54. The van der Waals surface area contributed by atoms with Crippen LogP contribution >= 0.6 is 0 Å². The van der Waals surface area contributed by atoms with E-state index in [0.29, 0.717) is 17.3 Å². The quantitative estimate of drug-likeness (QED) is 0.876. The van der Waals surface area contributed by atoms with Crippen molar-refractivity contribution in [3.05, 3.63) is 23.9 Å². The first-order valence-corrected chi connectivity index (χ1v) is 7.84. The maximum Gasteiger partial charge on any atom is 0.123 e. The maximum absolute atomic E-state index is 6.02. The molecule has 0 radical (unpaired) electrons. The van der Waals surface area contributed by atoms with Crippen molar-refractivity contribution < 1.29 is 4.74 Å². The Kier molecular flexibility index (Phi) is 4.89. The van der Waals surface area contributed by atoms with Gasteiger partial charge in [0.2, 0.25) is 0 Å². The number of nitrogens with zero attached hydrogens (tertiary/aromatic N) is 1. The zero-order valence-corrected chi connectivity index (χ0v) is 13.8. The van der Waals surface area contributed by atoms with E-state index in [4.69, 9.17) is 10.5 Å². The van der Waals surface area contributed by atoms with E-state index in [1.807, 2.05) is 26.3 Å². The Labute approximate surface area is 128 Å². The van der Waals surface area contributed by atoms with E-state index in [-0.39, 0.29) is 5.60 Å². The molecule has 1 aliphatic carbocycles. The van der Waals surface area contributed by atoms with Crippen LogP contribution in [0.15, 0.2) is 18.3 Å². The molecule has 1 aromatic heterocycles. The Morgan fingerprint density at radius 2 is 2.00 bits per heavy atom. The molecule has 1 aliphatic rings. The van der Waals surface area contributed by atoms with Crippen LogP contribution in [0, 0.1) is 5.41 Å². The summed E-state index contributed by atoms with van der Waals surface area (Å²) in [7, 11) is 3.87. The molecule has 0 bridgehead atoms. The van der Waals surface area contributed by atoms with Gasteiger partial charge in [0.15, 0.2) is 0 Å². The Balaban J connectivity index is 2.14. The average Bonchev–Trinajstić information content (AvgIpc) is 2.46. The first kappa shape index (κ1) is 16.2. The Hall–Kier alpha value is -1.13. The van der Waals surface area contributed by atoms with Crippen LogP contribution in [0.1, 0.15) is 45.1 Å². The van der Waals surface area contributed by atoms with Gasteiger partial charge < -0.3 is 15.8 Å². The molecule has 1 atom stereocenters. The summed E-state index contributed by atoms with van der Waals surface area (Å²) >= 11 is 0. The zero-order chi connectivity index (χ0) is 15.5. The summed E-state index contributed by atoms with van der Waals surface area (Å²) in [6.45, 7) is 4.70. The predicted molar refractivity (Wildman–Crippen MR) is 87.2 cm³/mol. The fourth-order valence-electron chi connectivity index (χ4n) is 3.45. The molecule has 4 heteroatoms. The largest absolute Gasteiger partial charge is 0.384 e. The third-order valence-electron chi connectivity index (χ3n) is 5.13. The van der Waals surface area contributed by atoms with Gasteiger partial charge in [-0.15, -0.1) is 0 Å². The maximum atomic E-state index is 6.02. The van der Waals surface area contributed by atoms with Crippen molar-refractivity contribution in [3.8, 4) is 0 Å². The number of ether oxygens (including phenoxy) is 1. The van der Waals surface area contributed by atoms with E-state index in [1.165, 1.54) is 18.4 Å². The highest BCUT2D eigenvalue weighted by molar-refractivity contribution is 5.32. The minimum atomic E-state index is -0.0810. The Bertz CT molecular complexity index is 463. The zero-order valence-electron chi connectivity index (χ0n) is 13.8. The number of nitrogens with two attached hydrogens (primary N) is 1. The van der Waals surface area contributed by atoms with Crippen LogP contribution in [-0.4, -0.2) is 30.8 Å². The number of hydrogen-bond donors (Lipinski definition) is 2. The van der Waals surface area contributed by atoms with Gasteiger partial charge in [0.25, 0.3) is 0 Å². The van der Waals surface area contributed by atoms with Crippen molar-refractivity contribution in [2.45, 2.75) is 57.6 Å². The van der Waals surface area contributed by atoms with Crippen molar-refractivity contribution in [1.29, 1.82) is 0 Å². The molecular weight excluding hydrogens is 262 g/mol. The van der Waals surface area contributed by atoms with Crippen LogP contribution in [-0.2, 0) is 11.2 Å². The van der Waals surface area contributed by atoms with E-state index in [9.17, 15) is 0 Å². The molecular formula is C17H29N3O. The summed E-state index contributed by atoms with van der Waals surface area (Å²) in [5, 5.41) is 3.47. The van der Waals surface area contributed by atoms with Crippen molar-refractivity contribution >= 4 is 5.82 Å². The molecule has 2 rings (SSSR count). The number of nitrogens with one attached hydrogen (secondary N) is 1. The van der Waals surface area contributed by atoms with Crippen LogP contribution in [0.3, 0.4) is 0 Å². The van der Waals surface area contributed by atoms with Crippen LogP contribution < -0.4 is 11.1 Å². The molecule has 1 aromatic rings. The van der Waals surface area contributed by atoms with Crippen molar-refractivity contribution in [2.24, 2.45) is 5.41 Å². The van der Waals surface area contributed by atoms with Crippen LogP contribution in [0.2, 0.25) is 0 Å². The smallest absolute Gasteiger partial charge is 0.123 e. The topological polar surface area (TPSA) is 60.2 Å². The average molecular weight is 291 g/mol. The number of likely N-dealkylation sites (N-methyl/N-ethyl adjacent to an activating group) is 1. The highest BCUT2D eigenvalue weighted by Gasteiger charge is 2.43. The number of hydrogen-bond acceptors (Lipinski definition) is 4. The molecule has 1 saturated carbocycles. The summed E-state index contributed by atoms with van der Waals surface area (Å²) in [6.07, 6.45) is 7.30. The number of nitrogen functional groups attached to an aromatic ring is 1. The van der Waals surface area contributed by atoms with Gasteiger partial charge in [0, 0.05) is 19.3 Å². The molecule has 4 nitrogen and oxygen atoms in total. The molecule has 0 amide bonds. The molecule has 1 heterocycles. The monoisotopic (exact) mass is 291 g/mol. The van der Waals surface area contributed by atoms with E-state index in [1.54, 1.807) is 6.20 Å². The number of methoxy groups -OCH3 is 1. The number of aromatic nitrogens is 1. The predicted octanol–water partition coefficient (Wildman–Crippen LogP) is 2.78. The lowest BCUT2D eigenvalue weighted by Gasteiger charge is -2.47. The third kappa shape index (κ3) is 3.74. The summed E-state index contributed by atoms with van der Waals surface area (Å²) in [4.78, 5) is 4.07. The van der Waals surface area contributed by atoms with E-state index >= 15 is 0 Å². The molecule has 21 heavy (non-hydrogen) atoms. The highest BCUT2D eigenvalue weighted by Crippen LogP contribution is 2.43. The van der Waals surface area contributed by atoms with E-state index in [2.05, 4.69) is 24.1 Å². The second-order valence-corrected chi connectivity index (χ2v) is 7.07. The van der Waals surface area contributed by atoms with Gasteiger partial charge in [-0.25, -0.2) is 4.98 Å². The van der Waals surface area contributed by atoms with Crippen LogP contribution in [0.4, 0.5) is 5.82 Å².